The molecule has 0 N–H and O–H groups in total. The van der Waals surface area contributed by atoms with Crippen molar-refractivity contribution >= 4 is 22.9 Å². The van der Waals surface area contributed by atoms with Gasteiger partial charge in [-0.1, -0.05) is 56.4 Å². The number of hydrogen-bond acceptors (Lipinski definition) is 4. The first-order chi connectivity index (χ1) is 10.2. The van der Waals surface area contributed by atoms with E-state index in [4.69, 9.17) is 16.3 Å². The molecular formula is C15H16ClFN2O2S. The van der Waals surface area contributed by atoms with Gasteiger partial charge in [-0.25, -0.2) is 4.39 Å². The summed E-state index contributed by atoms with van der Waals surface area (Å²) < 4.78 is 20.6. The molecule has 0 saturated heterocycles. The highest BCUT2D eigenvalue weighted by Gasteiger charge is 2.22. The van der Waals surface area contributed by atoms with Gasteiger partial charge in [0.2, 0.25) is 0 Å². The van der Waals surface area contributed by atoms with Crippen LogP contribution in [0.5, 0.6) is 5.75 Å². The van der Waals surface area contributed by atoms with Gasteiger partial charge in [0, 0.05) is 11.5 Å². The molecule has 1 aromatic carbocycles. The molecule has 0 aliphatic heterocycles. The molecule has 0 radical (unpaired) electrons. The number of nitrogens with zero attached hydrogens (tertiary/aromatic N) is 2. The monoisotopic (exact) mass is 342 g/mol. The van der Waals surface area contributed by atoms with Gasteiger partial charge < -0.3 is 4.74 Å². The van der Waals surface area contributed by atoms with Crippen LogP contribution in [0.1, 0.15) is 25.8 Å². The molecule has 1 heterocycles. The third-order valence-electron chi connectivity index (χ3n) is 2.78. The van der Waals surface area contributed by atoms with Crippen molar-refractivity contribution in [3.8, 4) is 11.4 Å². The van der Waals surface area contributed by atoms with Crippen LogP contribution in [0, 0.1) is 5.82 Å². The van der Waals surface area contributed by atoms with E-state index in [1.54, 1.807) is 6.08 Å². The second kappa shape index (κ2) is 6.22. The van der Waals surface area contributed by atoms with Crippen molar-refractivity contribution in [2.45, 2.75) is 26.2 Å². The Kier molecular flexibility index (Phi) is 4.72. The van der Waals surface area contributed by atoms with Crippen molar-refractivity contribution in [3.63, 3.8) is 0 Å². The quantitative estimate of drug-likeness (QED) is 0.790. The number of aromatic nitrogens is 2. The Bertz CT molecular complexity index is 762. The van der Waals surface area contributed by atoms with Gasteiger partial charge in [-0.2, -0.15) is 9.78 Å². The van der Waals surface area contributed by atoms with Crippen LogP contribution in [0.25, 0.3) is 5.69 Å². The standard InChI is InChI=1S/C15H16ClFN2O2S/c1-5-6-21-12-8-11(10(17)7-9(12)16)19-14(20)22-13(18-19)15(2,3)4/h5,7-8H,1,6H2,2-4H3. The van der Waals surface area contributed by atoms with Gasteiger partial charge in [-0.05, 0) is 6.07 Å². The van der Waals surface area contributed by atoms with E-state index in [9.17, 15) is 9.18 Å². The summed E-state index contributed by atoms with van der Waals surface area (Å²) in [6.07, 6.45) is 1.55. The van der Waals surface area contributed by atoms with Crippen LogP contribution in [0.2, 0.25) is 5.02 Å². The molecule has 22 heavy (non-hydrogen) atoms. The molecule has 0 aliphatic rings. The highest BCUT2D eigenvalue weighted by molar-refractivity contribution is 7.09. The topological polar surface area (TPSA) is 44.1 Å². The molecular weight excluding hydrogens is 327 g/mol. The molecule has 118 valence electrons. The SMILES string of the molecule is C=CCOc1cc(-n2nc(C(C)(C)C)sc2=O)c(F)cc1Cl. The number of rotatable bonds is 4. The fourth-order valence-corrected chi connectivity index (χ4v) is 2.70. The number of ether oxygens (including phenoxy) is 1. The first kappa shape index (κ1) is 16.7. The van der Waals surface area contributed by atoms with Crippen LogP contribution in [0.3, 0.4) is 0 Å². The van der Waals surface area contributed by atoms with E-state index in [-0.39, 0.29) is 33.4 Å². The Labute approximate surface area is 136 Å². The first-order valence-corrected chi connectivity index (χ1v) is 7.77. The lowest BCUT2D eigenvalue weighted by Crippen LogP contribution is -2.15. The normalized spacial score (nSPS) is 11.5. The van der Waals surface area contributed by atoms with Gasteiger partial charge in [0.15, 0.2) is 5.82 Å². The molecule has 1 aromatic heterocycles. The van der Waals surface area contributed by atoms with Crippen LogP contribution < -0.4 is 9.61 Å². The van der Waals surface area contributed by atoms with Crippen LogP contribution in [0.4, 0.5) is 4.39 Å². The van der Waals surface area contributed by atoms with E-state index >= 15 is 0 Å². The molecule has 7 heteroatoms. The van der Waals surface area contributed by atoms with E-state index in [1.807, 2.05) is 20.8 Å². The van der Waals surface area contributed by atoms with E-state index in [1.165, 1.54) is 6.07 Å². The summed E-state index contributed by atoms with van der Waals surface area (Å²) in [7, 11) is 0. The second-order valence-corrected chi connectivity index (χ2v) is 7.02. The Morgan fingerprint density at radius 3 is 2.73 bits per heavy atom. The zero-order valence-corrected chi connectivity index (χ0v) is 14.1. The average molecular weight is 343 g/mol. The summed E-state index contributed by atoms with van der Waals surface area (Å²) in [5, 5.41) is 4.98. The van der Waals surface area contributed by atoms with Crippen molar-refractivity contribution in [3.05, 3.63) is 50.3 Å². The van der Waals surface area contributed by atoms with Crippen molar-refractivity contribution in [2.75, 3.05) is 6.61 Å². The maximum absolute atomic E-state index is 14.2. The second-order valence-electron chi connectivity index (χ2n) is 5.67. The maximum Gasteiger partial charge on any atom is 0.329 e. The van der Waals surface area contributed by atoms with Crippen LogP contribution in [-0.2, 0) is 5.41 Å². The number of halogens is 2. The van der Waals surface area contributed by atoms with Gasteiger partial charge in [0.05, 0.1) is 5.02 Å². The molecule has 0 saturated carbocycles. The van der Waals surface area contributed by atoms with Crippen LogP contribution in [-0.4, -0.2) is 16.4 Å². The third-order valence-corrected chi connectivity index (χ3v) is 4.31. The third kappa shape index (κ3) is 3.39. The lowest BCUT2D eigenvalue weighted by atomic mass is 9.98. The molecule has 0 amide bonds. The van der Waals surface area contributed by atoms with E-state index in [0.29, 0.717) is 5.01 Å². The Hall–Kier alpha value is -1.66. The molecule has 2 rings (SSSR count). The lowest BCUT2D eigenvalue weighted by Gasteiger charge is -2.13. The smallest absolute Gasteiger partial charge is 0.329 e. The minimum atomic E-state index is -0.635. The average Bonchev–Trinajstić information content (AvgIpc) is 2.80. The summed E-state index contributed by atoms with van der Waals surface area (Å²) in [6.45, 7) is 9.58. The first-order valence-electron chi connectivity index (χ1n) is 6.58. The maximum atomic E-state index is 14.2. The molecule has 0 atom stereocenters. The van der Waals surface area contributed by atoms with Crippen molar-refractivity contribution in [1.29, 1.82) is 0 Å². The van der Waals surface area contributed by atoms with Crippen molar-refractivity contribution in [2.24, 2.45) is 0 Å². The summed E-state index contributed by atoms with van der Waals surface area (Å²) in [5.74, 6) is -0.362. The fourth-order valence-electron chi connectivity index (χ4n) is 1.67. The number of benzene rings is 1. The van der Waals surface area contributed by atoms with E-state index in [0.717, 1.165) is 22.1 Å². The summed E-state index contributed by atoms with van der Waals surface area (Å²) in [4.78, 5) is 11.8. The van der Waals surface area contributed by atoms with Gasteiger partial charge in [-0.3, -0.25) is 4.79 Å². The molecule has 0 fully saturated rings. The number of hydrogen-bond donors (Lipinski definition) is 0. The predicted octanol–water partition coefficient (Wildman–Crippen LogP) is 3.95. The zero-order chi connectivity index (χ0) is 16.5. The minimum Gasteiger partial charge on any atom is -0.488 e. The van der Waals surface area contributed by atoms with Crippen LogP contribution in [0.15, 0.2) is 29.6 Å². The Balaban J connectivity index is 2.55. The van der Waals surface area contributed by atoms with Gasteiger partial charge in [0.1, 0.15) is 23.1 Å². The van der Waals surface area contributed by atoms with Crippen LogP contribution >= 0.6 is 22.9 Å². The Morgan fingerprint density at radius 2 is 2.18 bits per heavy atom. The summed E-state index contributed by atoms with van der Waals surface area (Å²) >= 11 is 6.93. The molecule has 0 aliphatic carbocycles. The van der Waals surface area contributed by atoms with Gasteiger partial charge in [0.25, 0.3) is 0 Å². The molecule has 4 nitrogen and oxygen atoms in total. The highest BCUT2D eigenvalue weighted by atomic mass is 35.5. The predicted molar refractivity (Wildman–Crippen MR) is 87.1 cm³/mol. The molecule has 2 aromatic rings. The van der Waals surface area contributed by atoms with Crippen molar-refractivity contribution < 1.29 is 9.13 Å². The fraction of sp³-hybridized carbons (Fsp3) is 0.333. The molecule has 0 bridgehead atoms. The van der Waals surface area contributed by atoms with Crippen molar-refractivity contribution in [1.82, 2.24) is 9.78 Å². The zero-order valence-electron chi connectivity index (χ0n) is 12.5. The van der Waals surface area contributed by atoms with E-state index in [2.05, 4.69) is 11.7 Å². The van der Waals surface area contributed by atoms with Gasteiger partial charge in [-0.15, -0.1) is 0 Å². The molecule has 0 unspecified atom stereocenters. The molecule has 0 spiro atoms. The minimum absolute atomic E-state index is 0.0141. The highest BCUT2D eigenvalue weighted by Crippen LogP contribution is 2.30. The summed E-state index contributed by atoms with van der Waals surface area (Å²) in [5.41, 5.74) is -0.277. The van der Waals surface area contributed by atoms with Gasteiger partial charge >= 0.3 is 4.87 Å². The summed E-state index contributed by atoms with van der Waals surface area (Å²) in [6, 6.07) is 2.48. The Morgan fingerprint density at radius 1 is 1.50 bits per heavy atom. The lowest BCUT2D eigenvalue weighted by molar-refractivity contribution is 0.362. The largest absolute Gasteiger partial charge is 0.488 e. The van der Waals surface area contributed by atoms with E-state index < -0.39 is 5.82 Å².